The average Bonchev–Trinajstić information content (AvgIpc) is 1.84. The van der Waals surface area contributed by atoms with E-state index in [0.717, 1.165) is 6.92 Å². The van der Waals surface area contributed by atoms with E-state index in [1.54, 1.807) is 0 Å². The first-order chi connectivity index (χ1) is 5.34. The van der Waals surface area contributed by atoms with E-state index in [4.69, 9.17) is 10.2 Å². The number of rotatable bonds is 5. The van der Waals surface area contributed by atoms with Crippen molar-refractivity contribution in [1.82, 2.24) is 0 Å². The molecule has 1 unspecified atom stereocenters. The molecule has 0 aliphatic rings. The maximum absolute atomic E-state index is 10.2. The first-order valence-corrected chi connectivity index (χ1v) is 4.73. The van der Waals surface area contributed by atoms with Gasteiger partial charge >= 0.3 is 29.6 Å². The van der Waals surface area contributed by atoms with Gasteiger partial charge < -0.3 is 19.5 Å². The van der Waals surface area contributed by atoms with Crippen LogP contribution in [-0.2, 0) is 14.9 Å². The molecule has 0 saturated carbocycles. The molecule has 13 heavy (non-hydrogen) atoms. The van der Waals surface area contributed by atoms with Crippen molar-refractivity contribution in [1.29, 1.82) is 0 Å². The fourth-order valence-electron chi connectivity index (χ4n) is 0.423. The van der Waals surface area contributed by atoms with E-state index < -0.39 is 21.8 Å². The average molecular weight is 222 g/mol. The summed E-state index contributed by atoms with van der Waals surface area (Å²) < 4.78 is 35.1. The molecular formula is C5H11NaO6S. The fourth-order valence-corrected chi connectivity index (χ4v) is 0.686. The van der Waals surface area contributed by atoms with Crippen LogP contribution in [0.2, 0.25) is 0 Å². The summed E-state index contributed by atoms with van der Waals surface area (Å²) in [7, 11) is -4.44. The zero-order valence-electron chi connectivity index (χ0n) is 7.50. The minimum absolute atomic E-state index is 0. The standard InChI is InChI=1S/C5H12O6S.Na/c1-4(12(8,9)10)11-3-2-5(6)7;/h4-7H,2-3H2,1H3,(H,8,9,10);/q;+1/p-1. The SMILES string of the molecule is CC(OCCC(O)O)S(=O)(=O)[O-].[Na+]. The molecule has 0 rings (SSSR count). The molecule has 0 fully saturated rings. The van der Waals surface area contributed by atoms with Gasteiger partial charge in [-0.1, -0.05) is 0 Å². The van der Waals surface area contributed by atoms with Crippen molar-refractivity contribution < 1.29 is 57.5 Å². The molecule has 0 radical (unpaired) electrons. The van der Waals surface area contributed by atoms with Gasteiger partial charge in [0.2, 0.25) is 0 Å². The van der Waals surface area contributed by atoms with Crippen molar-refractivity contribution in [3.05, 3.63) is 0 Å². The zero-order chi connectivity index (χ0) is 9.78. The maximum atomic E-state index is 10.2. The van der Waals surface area contributed by atoms with Crippen molar-refractivity contribution in [3.8, 4) is 0 Å². The molecule has 2 N–H and O–H groups in total. The van der Waals surface area contributed by atoms with Gasteiger partial charge in [-0.25, -0.2) is 8.42 Å². The Morgan fingerprint density at radius 3 is 2.23 bits per heavy atom. The summed E-state index contributed by atoms with van der Waals surface area (Å²) in [5, 5.41) is 16.6. The van der Waals surface area contributed by atoms with Gasteiger partial charge in [0, 0.05) is 6.42 Å². The van der Waals surface area contributed by atoms with Gasteiger partial charge in [-0.15, -0.1) is 0 Å². The van der Waals surface area contributed by atoms with E-state index in [-0.39, 0.29) is 42.6 Å². The molecule has 8 heteroatoms. The van der Waals surface area contributed by atoms with Crippen LogP contribution in [0.25, 0.3) is 0 Å². The van der Waals surface area contributed by atoms with Crippen LogP contribution in [0, 0.1) is 0 Å². The molecule has 1 atom stereocenters. The van der Waals surface area contributed by atoms with E-state index >= 15 is 0 Å². The summed E-state index contributed by atoms with van der Waals surface area (Å²) in [6.45, 7) is 0.909. The Bertz CT molecular complexity index is 213. The van der Waals surface area contributed by atoms with Gasteiger partial charge in [-0.3, -0.25) is 0 Å². The summed E-state index contributed by atoms with van der Waals surface area (Å²) in [4.78, 5) is 0. The maximum Gasteiger partial charge on any atom is 1.00 e. The second kappa shape index (κ2) is 7.13. The summed E-state index contributed by atoms with van der Waals surface area (Å²) in [6, 6.07) is 0. The van der Waals surface area contributed by atoms with Crippen LogP contribution in [0.4, 0.5) is 0 Å². The van der Waals surface area contributed by atoms with Gasteiger partial charge in [-0.2, -0.15) is 0 Å². The van der Waals surface area contributed by atoms with Crippen molar-refractivity contribution in [2.45, 2.75) is 25.1 Å². The molecule has 0 heterocycles. The van der Waals surface area contributed by atoms with Crippen LogP contribution >= 0.6 is 0 Å². The monoisotopic (exact) mass is 222 g/mol. The van der Waals surface area contributed by atoms with Crippen LogP contribution in [0.15, 0.2) is 0 Å². The Labute approximate surface area is 98.9 Å². The first kappa shape index (κ1) is 16.2. The van der Waals surface area contributed by atoms with Crippen molar-refractivity contribution in [2.75, 3.05) is 6.61 Å². The molecule has 0 aromatic carbocycles. The Morgan fingerprint density at radius 1 is 1.46 bits per heavy atom. The quantitative estimate of drug-likeness (QED) is 0.276. The van der Waals surface area contributed by atoms with E-state index in [1.807, 2.05) is 0 Å². The van der Waals surface area contributed by atoms with Crippen LogP contribution in [0.5, 0.6) is 0 Å². The van der Waals surface area contributed by atoms with E-state index in [0.29, 0.717) is 0 Å². The predicted octanol–water partition coefficient (Wildman–Crippen LogP) is -4.40. The van der Waals surface area contributed by atoms with Crippen LogP contribution in [0.3, 0.4) is 0 Å². The summed E-state index contributed by atoms with van der Waals surface area (Å²) >= 11 is 0. The third kappa shape index (κ3) is 9.10. The summed E-state index contributed by atoms with van der Waals surface area (Å²) in [5.41, 5.74) is -1.45. The van der Waals surface area contributed by atoms with E-state index in [2.05, 4.69) is 4.74 Å². The molecular weight excluding hydrogens is 211 g/mol. The second-order valence-electron chi connectivity index (χ2n) is 2.20. The van der Waals surface area contributed by atoms with Crippen molar-refractivity contribution in [2.24, 2.45) is 0 Å². The third-order valence-electron chi connectivity index (χ3n) is 1.14. The smallest absolute Gasteiger partial charge is 0.746 e. The van der Waals surface area contributed by atoms with Gasteiger partial charge in [0.1, 0.15) is 15.6 Å². The van der Waals surface area contributed by atoms with E-state index in [9.17, 15) is 13.0 Å². The predicted molar refractivity (Wildman–Crippen MR) is 38.0 cm³/mol. The molecule has 0 amide bonds. The normalized spacial score (nSPS) is 13.9. The number of ether oxygens (including phenoxy) is 1. The van der Waals surface area contributed by atoms with Crippen LogP contribution in [-0.4, -0.2) is 41.5 Å². The number of aliphatic hydroxyl groups is 2. The molecule has 0 aromatic rings. The molecule has 0 aliphatic carbocycles. The van der Waals surface area contributed by atoms with Crippen LogP contribution in [0.1, 0.15) is 13.3 Å². The van der Waals surface area contributed by atoms with Gasteiger partial charge in [0.05, 0.1) is 6.61 Å². The summed E-state index contributed by atoms with van der Waals surface area (Å²) in [6.07, 6.45) is -1.67. The second-order valence-corrected chi connectivity index (χ2v) is 3.85. The molecule has 0 spiro atoms. The number of aliphatic hydroxyl groups excluding tert-OH is 1. The van der Waals surface area contributed by atoms with Gasteiger partial charge in [0.25, 0.3) is 0 Å². The third-order valence-corrected chi connectivity index (χ3v) is 2.08. The largest absolute Gasteiger partial charge is 1.00 e. The Kier molecular flexibility index (Phi) is 8.90. The molecule has 0 aliphatic heterocycles. The van der Waals surface area contributed by atoms with Crippen molar-refractivity contribution >= 4 is 10.1 Å². The minimum Gasteiger partial charge on any atom is -0.746 e. The Balaban J connectivity index is 0. The summed E-state index contributed by atoms with van der Waals surface area (Å²) in [5.74, 6) is 0. The minimum atomic E-state index is -4.44. The molecule has 0 aromatic heterocycles. The van der Waals surface area contributed by atoms with E-state index in [1.165, 1.54) is 0 Å². The van der Waals surface area contributed by atoms with Gasteiger partial charge in [-0.05, 0) is 6.92 Å². The molecule has 0 bridgehead atoms. The molecule has 6 nitrogen and oxygen atoms in total. The van der Waals surface area contributed by atoms with Crippen molar-refractivity contribution in [3.63, 3.8) is 0 Å². The number of hydrogen-bond acceptors (Lipinski definition) is 6. The molecule has 74 valence electrons. The number of hydrogen-bond donors (Lipinski definition) is 2. The Morgan fingerprint density at radius 2 is 1.92 bits per heavy atom. The first-order valence-electron chi connectivity index (χ1n) is 3.26. The Hall–Kier alpha value is 0.790. The van der Waals surface area contributed by atoms with Crippen LogP contribution < -0.4 is 29.6 Å². The topological polar surface area (TPSA) is 107 Å². The fraction of sp³-hybridized carbons (Fsp3) is 1.00. The zero-order valence-corrected chi connectivity index (χ0v) is 10.3. The molecule has 0 saturated heterocycles. The van der Waals surface area contributed by atoms with Gasteiger partial charge in [0.15, 0.2) is 6.29 Å².